The zero-order valence-corrected chi connectivity index (χ0v) is 41.0. The molecule has 7 heteroatoms. The van der Waals surface area contributed by atoms with Crippen LogP contribution in [0.15, 0.2) is 0 Å². The van der Waals surface area contributed by atoms with Gasteiger partial charge in [0.15, 0.2) is 0 Å². The molecule has 0 aliphatic rings. The van der Waals surface area contributed by atoms with Crippen LogP contribution in [0.1, 0.15) is 273 Å². The fourth-order valence-electron chi connectivity index (χ4n) is 7.75. The van der Waals surface area contributed by atoms with Gasteiger partial charge in [0.2, 0.25) is 0 Å². The van der Waals surface area contributed by atoms with Gasteiger partial charge in [-0.1, -0.05) is 0 Å². The third-order valence-electron chi connectivity index (χ3n) is 11.6. The van der Waals surface area contributed by atoms with Gasteiger partial charge in [-0.15, -0.1) is 0 Å². The van der Waals surface area contributed by atoms with Crippen LogP contribution in [-0.4, -0.2) is 40.7 Å². The first kappa shape index (κ1) is 54.3. The number of hydrogen-bond acceptors (Lipinski definition) is 6. The SMILES string of the molecule is CCCCCCCCC(CCCCCC)C(=O)[O][In]([O]C(=O)C(CCCCCC)CCCCCCCC)[O]C(=O)C(CCCCCC)CCCCCCCC. The molecule has 3 unspecified atom stereocenters. The molecule has 0 aliphatic carbocycles. The Bertz CT molecular complexity index is 756. The molecule has 0 spiro atoms. The number of hydrogen-bond donors (Lipinski definition) is 0. The second-order valence-electron chi connectivity index (χ2n) is 16.9. The summed E-state index contributed by atoms with van der Waals surface area (Å²) in [6, 6.07) is 0. The Morgan fingerprint density at radius 2 is 0.455 bits per heavy atom. The molecular formula is C48H93InO6. The third-order valence-corrected chi connectivity index (χ3v) is 15.2. The molecule has 6 nitrogen and oxygen atoms in total. The summed E-state index contributed by atoms with van der Waals surface area (Å²) in [5.74, 6) is -1.59. The van der Waals surface area contributed by atoms with Crippen molar-refractivity contribution in [3.8, 4) is 0 Å². The fourth-order valence-corrected chi connectivity index (χ4v) is 11.4. The van der Waals surface area contributed by atoms with Gasteiger partial charge in [-0.2, -0.15) is 0 Å². The zero-order chi connectivity index (χ0) is 40.6. The van der Waals surface area contributed by atoms with E-state index in [1.807, 2.05) is 0 Å². The molecule has 0 aromatic heterocycles. The summed E-state index contributed by atoms with van der Waals surface area (Å²) >= 11 is -4.36. The Morgan fingerprint density at radius 3 is 0.655 bits per heavy atom. The van der Waals surface area contributed by atoms with Crippen LogP contribution < -0.4 is 0 Å². The Kier molecular flexibility index (Phi) is 40.9. The van der Waals surface area contributed by atoms with E-state index in [4.69, 9.17) is 8.56 Å². The standard InChI is InChI=1S/3C16H32O2.In/c3*1-3-5-7-9-10-12-14-15(16(17)18)13-11-8-6-4-2;/h3*15H,3-14H2,1-2H3,(H,17,18);/q;;;+3/p-3. The summed E-state index contributed by atoms with van der Waals surface area (Å²) in [6.45, 7) is 13.3. The van der Waals surface area contributed by atoms with E-state index in [9.17, 15) is 14.4 Å². The van der Waals surface area contributed by atoms with E-state index < -0.39 is 22.7 Å². The topological polar surface area (TPSA) is 78.9 Å². The van der Waals surface area contributed by atoms with Gasteiger partial charge >= 0.3 is 354 Å². The minimum atomic E-state index is -4.36. The Morgan fingerprint density at radius 1 is 0.291 bits per heavy atom. The molecule has 0 fully saturated rings. The molecule has 55 heavy (non-hydrogen) atoms. The molecule has 0 radical (unpaired) electrons. The summed E-state index contributed by atoms with van der Waals surface area (Å²) in [5, 5.41) is 0. The monoisotopic (exact) mass is 881 g/mol. The molecule has 0 heterocycles. The maximum atomic E-state index is 14.0. The van der Waals surface area contributed by atoms with Gasteiger partial charge in [0.05, 0.1) is 0 Å². The first-order valence-corrected chi connectivity index (χ1v) is 28.5. The third kappa shape index (κ3) is 32.9. The molecule has 0 aliphatic heterocycles. The molecule has 324 valence electrons. The van der Waals surface area contributed by atoms with E-state index in [1.54, 1.807) is 0 Å². The van der Waals surface area contributed by atoms with Gasteiger partial charge in [0, 0.05) is 0 Å². The molecule has 0 rings (SSSR count). The van der Waals surface area contributed by atoms with E-state index in [0.717, 1.165) is 154 Å². The van der Waals surface area contributed by atoms with Crippen LogP contribution in [0.4, 0.5) is 0 Å². The van der Waals surface area contributed by atoms with E-state index in [-0.39, 0.29) is 35.7 Å². The normalized spacial score (nSPS) is 13.0. The number of carbonyl (C=O) groups excluding carboxylic acids is 3. The zero-order valence-electron chi connectivity index (χ0n) is 37.7. The quantitative estimate of drug-likeness (QED) is 0.0568. The maximum absolute atomic E-state index is 14.0. The van der Waals surface area contributed by atoms with Crippen molar-refractivity contribution in [1.82, 2.24) is 0 Å². The molecule has 0 saturated heterocycles. The fraction of sp³-hybridized carbons (Fsp3) is 0.938. The van der Waals surface area contributed by atoms with Crippen LogP contribution in [0.2, 0.25) is 0 Å². The second-order valence-corrected chi connectivity index (χ2v) is 20.6. The molecule has 0 aromatic rings. The summed E-state index contributed by atoms with van der Waals surface area (Å²) in [4.78, 5) is 42.0. The summed E-state index contributed by atoms with van der Waals surface area (Å²) < 4.78 is 18.7. The van der Waals surface area contributed by atoms with Crippen molar-refractivity contribution in [2.45, 2.75) is 273 Å². The average Bonchev–Trinajstić information content (AvgIpc) is 3.17. The first-order valence-electron chi connectivity index (χ1n) is 24.5. The van der Waals surface area contributed by atoms with Crippen molar-refractivity contribution in [3.05, 3.63) is 0 Å². The molecule has 0 aromatic carbocycles. The van der Waals surface area contributed by atoms with Crippen molar-refractivity contribution in [2.24, 2.45) is 17.8 Å². The van der Waals surface area contributed by atoms with Gasteiger partial charge in [0.1, 0.15) is 0 Å². The van der Waals surface area contributed by atoms with Gasteiger partial charge in [-0.3, -0.25) is 0 Å². The van der Waals surface area contributed by atoms with Gasteiger partial charge in [-0.05, 0) is 0 Å². The van der Waals surface area contributed by atoms with Crippen LogP contribution in [0.5, 0.6) is 0 Å². The summed E-state index contributed by atoms with van der Waals surface area (Å²) in [6.07, 6.45) is 38.9. The predicted octanol–water partition coefficient (Wildman–Crippen LogP) is 15.6. The summed E-state index contributed by atoms with van der Waals surface area (Å²) in [5.41, 5.74) is 0. The Hall–Kier alpha value is -0.720. The van der Waals surface area contributed by atoms with Crippen LogP contribution in [0.3, 0.4) is 0 Å². The molecule has 0 bridgehead atoms. The van der Waals surface area contributed by atoms with Crippen molar-refractivity contribution < 1.29 is 22.9 Å². The molecule has 0 amide bonds. The Balaban J connectivity index is 6.11. The minimum absolute atomic E-state index is 0.236. The van der Waals surface area contributed by atoms with Gasteiger partial charge in [0.25, 0.3) is 0 Å². The predicted molar refractivity (Wildman–Crippen MR) is 235 cm³/mol. The Labute approximate surface area is 352 Å². The average molecular weight is 881 g/mol. The van der Waals surface area contributed by atoms with E-state index in [2.05, 4.69) is 41.5 Å². The van der Waals surface area contributed by atoms with E-state index in [0.29, 0.717) is 0 Å². The van der Waals surface area contributed by atoms with Gasteiger partial charge < -0.3 is 0 Å². The van der Waals surface area contributed by atoms with Crippen molar-refractivity contribution in [3.63, 3.8) is 0 Å². The first-order chi connectivity index (χ1) is 26.9. The van der Waals surface area contributed by atoms with Gasteiger partial charge in [-0.25, -0.2) is 0 Å². The van der Waals surface area contributed by atoms with Crippen LogP contribution >= 0.6 is 0 Å². The van der Waals surface area contributed by atoms with Crippen molar-refractivity contribution in [1.29, 1.82) is 0 Å². The van der Waals surface area contributed by atoms with Crippen LogP contribution in [0, 0.1) is 17.8 Å². The molecule has 3 atom stereocenters. The van der Waals surface area contributed by atoms with Crippen molar-refractivity contribution >= 4 is 40.7 Å². The van der Waals surface area contributed by atoms with E-state index >= 15 is 0 Å². The second kappa shape index (κ2) is 41.4. The van der Waals surface area contributed by atoms with Crippen molar-refractivity contribution in [2.75, 3.05) is 0 Å². The number of unbranched alkanes of at least 4 members (excludes halogenated alkanes) is 24. The van der Waals surface area contributed by atoms with E-state index in [1.165, 1.54) is 77.0 Å². The van der Waals surface area contributed by atoms with Crippen LogP contribution in [-0.2, 0) is 22.9 Å². The molecule has 0 N–H and O–H groups in total. The summed E-state index contributed by atoms with van der Waals surface area (Å²) in [7, 11) is 0. The van der Waals surface area contributed by atoms with Crippen LogP contribution in [0.25, 0.3) is 0 Å². The molecular weight excluding hydrogens is 787 g/mol. The number of rotatable bonds is 42. The molecule has 0 saturated carbocycles. The number of carbonyl (C=O) groups is 3.